The number of para-hydroxylation sites is 1. The Morgan fingerprint density at radius 3 is 2.93 bits per heavy atom. The van der Waals surface area contributed by atoms with Crippen LogP contribution in [0.3, 0.4) is 0 Å². The predicted molar refractivity (Wildman–Crippen MR) is 112 cm³/mol. The summed E-state index contributed by atoms with van der Waals surface area (Å²) < 4.78 is 1.18. The number of pyridine rings is 1. The molecule has 3 aromatic rings. The molecule has 144 valence electrons. The molecule has 2 aromatic heterocycles. The van der Waals surface area contributed by atoms with Gasteiger partial charge in [-0.2, -0.15) is 0 Å². The highest BCUT2D eigenvalue weighted by Crippen LogP contribution is 2.33. The second-order valence-electron chi connectivity index (χ2n) is 6.72. The number of primary amides is 1. The molecule has 1 saturated heterocycles. The van der Waals surface area contributed by atoms with Gasteiger partial charge in [0.2, 0.25) is 5.91 Å². The van der Waals surface area contributed by atoms with Crippen LogP contribution in [0.5, 0.6) is 0 Å². The number of hydrogen-bond donors (Lipinski definition) is 1. The van der Waals surface area contributed by atoms with Crippen LogP contribution in [-0.2, 0) is 4.79 Å². The molecule has 1 aliphatic heterocycles. The lowest BCUT2D eigenvalue weighted by atomic mass is 9.98. The molecule has 28 heavy (non-hydrogen) atoms. The Kier molecular flexibility index (Phi) is 5.59. The van der Waals surface area contributed by atoms with Crippen LogP contribution >= 0.6 is 23.1 Å². The van der Waals surface area contributed by atoms with E-state index < -0.39 is 5.91 Å². The SMILES string of the molecule is NC(=O)CSc1ncccc1C(=O)N1CCC[C@@H](c2nc3ccccc3s2)C1. The molecule has 2 amide bonds. The number of carbonyl (C=O) groups excluding carboxylic acids is 2. The first-order valence-electron chi connectivity index (χ1n) is 9.12. The van der Waals surface area contributed by atoms with Gasteiger partial charge in [0.15, 0.2) is 0 Å². The Morgan fingerprint density at radius 1 is 1.25 bits per heavy atom. The van der Waals surface area contributed by atoms with E-state index in [4.69, 9.17) is 10.7 Å². The third kappa shape index (κ3) is 4.02. The van der Waals surface area contributed by atoms with Gasteiger partial charge < -0.3 is 10.6 Å². The van der Waals surface area contributed by atoms with Crippen LogP contribution in [0, 0.1) is 0 Å². The van der Waals surface area contributed by atoms with E-state index in [1.165, 1.54) is 16.5 Å². The number of piperidine rings is 1. The van der Waals surface area contributed by atoms with Gasteiger partial charge in [-0.15, -0.1) is 11.3 Å². The van der Waals surface area contributed by atoms with Crippen LogP contribution in [0.15, 0.2) is 47.6 Å². The first kappa shape index (κ1) is 18.9. The lowest BCUT2D eigenvalue weighted by Gasteiger charge is -2.32. The molecule has 0 radical (unpaired) electrons. The number of nitrogens with zero attached hydrogens (tertiary/aromatic N) is 3. The number of thioether (sulfide) groups is 1. The zero-order chi connectivity index (χ0) is 19.5. The van der Waals surface area contributed by atoms with E-state index in [-0.39, 0.29) is 17.6 Å². The summed E-state index contributed by atoms with van der Waals surface area (Å²) in [7, 11) is 0. The molecule has 1 aromatic carbocycles. The van der Waals surface area contributed by atoms with Crippen LogP contribution < -0.4 is 5.73 Å². The largest absolute Gasteiger partial charge is 0.369 e. The summed E-state index contributed by atoms with van der Waals surface area (Å²) in [5, 5.41) is 1.64. The molecule has 1 fully saturated rings. The second kappa shape index (κ2) is 8.28. The zero-order valence-corrected chi connectivity index (χ0v) is 16.8. The van der Waals surface area contributed by atoms with Gasteiger partial charge >= 0.3 is 0 Å². The Balaban J connectivity index is 1.53. The van der Waals surface area contributed by atoms with Gasteiger partial charge in [-0.25, -0.2) is 9.97 Å². The summed E-state index contributed by atoms with van der Waals surface area (Å²) in [5.41, 5.74) is 6.78. The molecule has 1 aliphatic rings. The van der Waals surface area contributed by atoms with Crippen molar-refractivity contribution in [3.8, 4) is 0 Å². The fraction of sp³-hybridized carbons (Fsp3) is 0.300. The van der Waals surface area contributed by atoms with Crippen molar-refractivity contribution >= 4 is 45.1 Å². The number of rotatable bonds is 5. The van der Waals surface area contributed by atoms with Gasteiger partial charge in [0.05, 0.1) is 26.5 Å². The zero-order valence-electron chi connectivity index (χ0n) is 15.2. The van der Waals surface area contributed by atoms with E-state index in [1.54, 1.807) is 29.7 Å². The third-order valence-electron chi connectivity index (χ3n) is 4.72. The van der Waals surface area contributed by atoms with Crippen molar-refractivity contribution in [3.05, 3.63) is 53.2 Å². The van der Waals surface area contributed by atoms with Crippen molar-refractivity contribution in [2.24, 2.45) is 5.73 Å². The molecule has 0 spiro atoms. The molecular weight excluding hydrogens is 392 g/mol. The number of carbonyl (C=O) groups is 2. The summed E-state index contributed by atoms with van der Waals surface area (Å²) in [4.78, 5) is 35.2. The number of likely N-dealkylation sites (tertiary alicyclic amines) is 1. The van der Waals surface area contributed by atoms with Crippen molar-refractivity contribution in [3.63, 3.8) is 0 Å². The lowest BCUT2D eigenvalue weighted by molar-refractivity contribution is -0.115. The quantitative estimate of drug-likeness (QED) is 0.650. The maximum atomic E-state index is 13.2. The number of benzene rings is 1. The number of hydrogen-bond acceptors (Lipinski definition) is 6. The van der Waals surface area contributed by atoms with Crippen molar-refractivity contribution in [1.82, 2.24) is 14.9 Å². The number of aromatic nitrogens is 2. The van der Waals surface area contributed by atoms with Crippen LogP contribution in [0.2, 0.25) is 0 Å². The van der Waals surface area contributed by atoms with Crippen molar-refractivity contribution in [2.45, 2.75) is 23.8 Å². The first-order chi connectivity index (χ1) is 13.6. The molecule has 8 heteroatoms. The molecule has 0 bridgehead atoms. The average molecular weight is 413 g/mol. The number of amides is 2. The van der Waals surface area contributed by atoms with Crippen LogP contribution in [-0.4, -0.2) is 45.5 Å². The van der Waals surface area contributed by atoms with Gasteiger partial charge in [-0.1, -0.05) is 23.9 Å². The number of thiazole rings is 1. The summed E-state index contributed by atoms with van der Waals surface area (Å²) in [6.45, 7) is 1.36. The fourth-order valence-electron chi connectivity index (χ4n) is 3.41. The minimum Gasteiger partial charge on any atom is -0.369 e. The minimum atomic E-state index is -0.428. The fourth-order valence-corrected chi connectivity index (χ4v) is 5.22. The average Bonchev–Trinajstić information content (AvgIpc) is 3.16. The second-order valence-corrected chi connectivity index (χ2v) is 8.75. The molecule has 4 rings (SSSR count). The van der Waals surface area contributed by atoms with Gasteiger partial charge in [0.1, 0.15) is 5.03 Å². The lowest BCUT2D eigenvalue weighted by Crippen LogP contribution is -2.39. The van der Waals surface area contributed by atoms with Gasteiger partial charge in [0, 0.05) is 25.2 Å². The van der Waals surface area contributed by atoms with Crippen molar-refractivity contribution in [1.29, 1.82) is 0 Å². The van der Waals surface area contributed by atoms with Crippen LogP contribution in [0.25, 0.3) is 10.2 Å². The van der Waals surface area contributed by atoms with Gasteiger partial charge in [-0.3, -0.25) is 9.59 Å². The van der Waals surface area contributed by atoms with Crippen LogP contribution in [0.1, 0.15) is 34.1 Å². The smallest absolute Gasteiger partial charge is 0.256 e. The molecule has 0 saturated carbocycles. The normalized spacial score (nSPS) is 17.0. The molecule has 2 N–H and O–H groups in total. The maximum Gasteiger partial charge on any atom is 0.256 e. The summed E-state index contributed by atoms with van der Waals surface area (Å²) in [6.07, 6.45) is 3.59. The van der Waals surface area contributed by atoms with Gasteiger partial charge in [-0.05, 0) is 37.1 Å². The van der Waals surface area contributed by atoms with Crippen molar-refractivity contribution in [2.75, 3.05) is 18.8 Å². The predicted octanol–water partition coefficient (Wildman–Crippen LogP) is 3.29. The highest BCUT2D eigenvalue weighted by atomic mass is 32.2. The van der Waals surface area contributed by atoms with E-state index in [0.717, 1.165) is 29.9 Å². The highest BCUT2D eigenvalue weighted by Gasteiger charge is 2.28. The van der Waals surface area contributed by atoms with Crippen molar-refractivity contribution < 1.29 is 9.59 Å². The summed E-state index contributed by atoms with van der Waals surface area (Å²) >= 11 is 2.92. The standard InChI is InChI=1S/C20H20N4O2S2/c21-17(25)12-27-19-14(6-3-9-22-19)20(26)24-10-4-5-13(11-24)18-23-15-7-1-2-8-16(15)28-18/h1-3,6-9,13H,4-5,10-12H2,(H2,21,25)/t13-/m1/s1. The Hall–Kier alpha value is -2.45. The van der Waals surface area contributed by atoms with E-state index >= 15 is 0 Å². The molecule has 3 heterocycles. The summed E-state index contributed by atoms with van der Waals surface area (Å²) in [5.74, 6) is -0.131. The van der Waals surface area contributed by atoms with Crippen LogP contribution in [0.4, 0.5) is 0 Å². The molecule has 1 atom stereocenters. The van der Waals surface area contributed by atoms with E-state index in [9.17, 15) is 9.59 Å². The molecule has 6 nitrogen and oxygen atoms in total. The van der Waals surface area contributed by atoms with Gasteiger partial charge in [0.25, 0.3) is 5.91 Å². The molecular formula is C20H20N4O2S2. The maximum absolute atomic E-state index is 13.2. The monoisotopic (exact) mass is 412 g/mol. The number of fused-ring (bicyclic) bond motifs is 1. The van der Waals surface area contributed by atoms with E-state index in [1.807, 2.05) is 23.1 Å². The minimum absolute atomic E-state index is 0.0501. The first-order valence-corrected chi connectivity index (χ1v) is 10.9. The highest BCUT2D eigenvalue weighted by molar-refractivity contribution is 8.00. The summed E-state index contributed by atoms with van der Waals surface area (Å²) in [6, 6.07) is 11.6. The topological polar surface area (TPSA) is 89.2 Å². The Morgan fingerprint density at radius 2 is 2.11 bits per heavy atom. The molecule has 0 unspecified atom stereocenters. The van der Waals surface area contributed by atoms with E-state index in [2.05, 4.69) is 11.1 Å². The number of nitrogens with two attached hydrogens (primary N) is 1. The Bertz CT molecular complexity index is 987. The van der Waals surface area contributed by atoms with E-state index in [0.29, 0.717) is 17.1 Å². The third-order valence-corrected chi connectivity index (χ3v) is 6.95. The Labute approximate surface area is 171 Å². The molecule has 0 aliphatic carbocycles.